The van der Waals surface area contributed by atoms with Gasteiger partial charge in [0.15, 0.2) is 0 Å². The first-order valence-electron chi connectivity index (χ1n) is 5.80. The molecule has 2 rings (SSSR count). The van der Waals surface area contributed by atoms with E-state index in [0.29, 0.717) is 17.1 Å². The summed E-state index contributed by atoms with van der Waals surface area (Å²) in [6.07, 6.45) is 0. The zero-order valence-corrected chi connectivity index (χ0v) is 11.8. The van der Waals surface area contributed by atoms with Crippen molar-refractivity contribution in [2.75, 3.05) is 12.4 Å². The number of nitrogens with one attached hydrogen (secondary N) is 3. The molecule has 3 N–H and O–H groups in total. The molecule has 0 fully saturated rings. The lowest BCUT2D eigenvalue weighted by atomic mass is 10.2. The van der Waals surface area contributed by atoms with Crippen LogP contribution in [-0.4, -0.2) is 23.0 Å². The first-order valence-corrected chi connectivity index (χ1v) is 6.20. The number of benzene rings is 1. The molecule has 0 aliphatic heterocycles. The fourth-order valence-corrected chi connectivity index (χ4v) is 2.11. The highest BCUT2D eigenvalue weighted by atomic mass is 32.1. The van der Waals surface area contributed by atoms with E-state index >= 15 is 0 Å². The number of anilines is 1. The molecule has 1 amide bonds. The standard InChI is InChI=1S/C13H13N3O3S/c1-7-10(12(20)16-13(18)14-7)11(17)15-8-4-3-5-9(6-8)19-2/h3-6H,1-2H3,(H,15,17)(H2,14,16,18,20). The fraction of sp³-hybridized carbons (Fsp3) is 0.154. The van der Waals surface area contributed by atoms with Crippen LogP contribution in [0.4, 0.5) is 5.69 Å². The molecule has 20 heavy (non-hydrogen) atoms. The van der Waals surface area contributed by atoms with Gasteiger partial charge in [-0.05, 0) is 19.1 Å². The van der Waals surface area contributed by atoms with Crippen LogP contribution in [0.25, 0.3) is 0 Å². The summed E-state index contributed by atoms with van der Waals surface area (Å²) in [5, 5.41) is 2.71. The van der Waals surface area contributed by atoms with Crippen LogP contribution in [0.1, 0.15) is 16.1 Å². The maximum atomic E-state index is 12.2. The fourth-order valence-electron chi connectivity index (χ4n) is 1.77. The molecule has 104 valence electrons. The van der Waals surface area contributed by atoms with Gasteiger partial charge in [0, 0.05) is 17.4 Å². The summed E-state index contributed by atoms with van der Waals surface area (Å²) in [6, 6.07) is 6.95. The van der Waals surface area contributed by atoms with Gasteiger partial charge in [-0.1, -0.05) is 18.3 Å². The average Bonchev–Trinajstić information content (AvgIpc) is 2.37. The number of amides is 1. The van der Waals surface area contributed by atoms with Gasteiger partial charge >= 0.3 is 5.69 Å². The van der Waals surface area contributed by atoms with Crippen molar-refractivity contribution in [3.05, 3.63) is 50.6 Å². The topological polar surface area (TPSA) is 87.0 Å². The maximum Gasteiger partial charge on any atom is 0.324 e. The maximum absolute atomic E-state index is 12.2. The van der Waals surface area contributed by atoms with Gasteiger partial charge in [-0.2, -0.15) is 0 Å². The lowest BCUT2D eigenvalue weighted by Crippen LogP contribution is -2.21. The number of carbonyl (C=O) groups is 1. The number of hydrogen-bond acceptors (Lipinski definition) is 4. The van der Waals surface area contributed by atoms with E-state index in [1.165, 1.54) is 0 Å². The number of aryl methyl sites for hydroxylation is 1. The minimum atomic E-state index is -0.439. The summed E-state index contributed by atoms with van der Waals surface area (Å²) in [6.45, 7) is 1.62. The molecule has 0 spiro atoms. The van der Waals surface area contributed by atoms with Crippen molar-refractivity contribution in [2.24, 2.45) is 0 Å². The van der Waals surface area contributed by atoms with Crippen molar-refractivity contribution >= 4 is 23.8 Å². The van der Waals surface area contributed by atoms with Crippen LogP contribution in [0.5, 0.6) is 5.75 Å². The highest BCUT2D eigenvalue weighted by Gasteiger charge is 2.13. The second-order valence-electron chi connectivity index (χ2n) is 4.09. The Balaban J connectivity index is 2.33. The smallest absolute Gasteiger partial charge is 0.324 e. The van der Waals surface area contributed by atoms with Gasteiger partial charge in [-0.3, -0.25) is 9.78 Å². The summed E-state index contributed by atoms with van der Waals surface area (Å²) >= 11 is 5.01. The third kappa shape index (κ3) is 2.94. The Morgan fingerprint density at radius 3 is 2.75 bits per heavy atom. The van der Waals surface area contributed by atoms with Crippen LogP contribution in [0.3, 0.4) is 0 Å². The van der Waals surface area contributed by atoms with E-state index in [9.17, 15) is 9.59 Å². The quantitative estimate of drug-likeness (QED) is 0.755. The number of aromatic amines is 2. The van der Waals surface area contributed by atoms with Gasteiger partial charge < -0.3 is 15.0 Å². The molecule has 1 aromatic heterocycles. The van der Waals surface area contributed by atoms with Crippen LogP contribution >= 0.6 is 12.2 Å². The molecule has 2 aromatic rings. The van der Waals surface area contributed by atoms with Crippen LogP contribution < -0.4 is 15.7 Å². The van der Waals surface area contributed by atoms with Crippen molar-refractivity contribution < 1.29 is 9.53 Å². The van der Waals surface area contributed by atoms with Gasteiger partial charge in [0.1, 0.15) is 10.4 Å². The predicted octanol–water partition coefficient (Wildman–Crippen LogP) is 2.00. The van der Waals surface area contributed by atoms with Gasteiger partial charge in [0.2, 0.25) is 0 Å². The number of H-pyrrole nitrogens is 2. The SMILES string of the molecule is COc1cccc(NC(=O)c2c(C)[nH]c(=O)[nH]c2=S)c1. The summed E-state index contributed by atoms with van der Waals surface area (Å²) < 4.78 is 5.18. The van der Waals surface area contributed by atoms with Crippen LogP contribution in [0.2, 0.25) is 0 Å². The largest absolute Gasteiger partial charge is 0.497 e. The van der Waals surface area contributed by atoms with E-state index in [-0.39, 0.29) is 10.2 Å². The lowest BCUT2D eigenvalue weighted by molar-refractivity contribution is 0.102. The first kappa shape index (κ1) is 14.0. The lowest BCUT2D eigenvalue weighted by Gasteiger charge is -2.08. The molecular weight excluding hydrogens is 278 g/mol. The molecule has 0 saturated heterocycles. The minimum Gasteiger partial charge on any atom is -0.497 e. The van der Waals surface area contributed by atoms with Crippen molar-refractivity contribution in [1.82, 2.24) is 9.97 Å². The number of rotatable bonds is 3. The highest BCUT2D eigenvalue weighted by molar-refractivity contribution is 7.71. The van der Waals surface area contributed by atoms with Crippen molar-refractivity contribution in [3.8, 4) is 5.75 Å². The number of ether oxygens (including phenoxy) is 1. The van der Waals surface area contributed by atoms with Gasteiger partial charge in [0.05, 0.1) is 12.7 Å². The van der Waals surface area contributed by atoms with E-state index in [4.69, 9.17) is 17.0 Å². The Morgan fingerprint density at radius 1 is 1.35 bits per heavy atom. The molecule has 0 unspecified atom stereocenters. The number of hydrogen-bond donors (Lipinski definition) is 3. The third-order valence-electron chi connectivity index (χ3n) is 2.68. The van der Waals surface area contributed by atoms with Gasteiger partial charge in [-0.25, -0.2) is 4.79 Å². The zero-order chi connectivity index (χ0) is 14.7. The third-order valence-corrected chi connectivity index (χ3v) is 2.99. The van der Waals surface area contributed by atoms with E-state index in [2.05, 4.69) is 15.3 Å². The van der Waals surface area contributed by atoms with Crippen LogP contribution in [-0.2, 0) is 0 Å². The molecule has 0 atom stereocenters. The first-order chi connectivity index (χ1) is 9.51. The summed E-state index contributed by atoms with van der Waals surface area (Å²) in [7, 11) is 1.54. The second-order valence-corrected chi connectivity index (χ2v) is 4.50. The summed E-state index contributed by atoms with van der Waals surface area (Å²) in [5.41, 5.74) is 0.793. The normalized spacial score (nSPS) is 10.1. The number of carbonyl (C=O) groups excluding carboxylic acids is 1. The van der Waals surface area contributed by atoms with E-state index < -0.39 is 11.6 Å². The number of methoxy groups -OCH3 is 1. The van der Waals surface area contributed by atoms with Crippen LogP contribution in [0, 0.1) is 11.6 Å². The molecule has 7 heteroatoms. The summed E-state index contributed by atoms with van der Waals surface area (Å²) in [4.78, 5) is 28.3. The molecule has 0 aliphatic carbocycles. The van der Waals surface area contributed by atoms with Crippen LogP contribution in [0.15, 0.2) is 29.1 Å². The molecule has 1 aromatic carbocycles. The Hall–Kier alpha value is -2.41. The molecule has 6 nitrogen and oxygen atoms in total. The zero-order valence-electron chi connectivity index (χ0n) is 10.9. The van der Waals surface area contributed by atoms with Crippen molar-refractivity contribution in [1.29, 1.82) is 0 Å². The Morgan fingerprint density at radius 2 is 2.10 bits per heavy atom. The second kappa shape index (κ2) is 5.70. The molecule has 0 bridgehead atoms. The monoisotopic (exact) mass is 291 g/mol. The van der Waals surface area contributed by atoms with E-state index in [0.717, 1.165) is 0 Å². The molecule has 0 saturated carbocycles. The number of aromatic nitrogens is 2. The predicted molar refractivity (Wildman–Crippen MR) is 77.9 cm³/mol. The minimum absolute atomic E-state index is 0.103. The van der Waals surface area contributed by atoms with Crippen molar-refractivity contribution in [3.63, 3.8) is 0 Å². The van der Waals surface area contributed by atoms with E-state index in [1.807, 2.05) is 0 Å². The van der Waals surface area contributed by atoms with Crippen molar-refractivity contribution in [2.45, 2.75) is 6.92 Å². The Kier molecular flexibility index (Phi) is 3.99. The Labute approximate surface area is 119 Å². The molecular formula is C13H13N3O3S. The van der Waals surface area contributed by atoms with E-state index in [1.54, 1.807) is 38.3 Å². The van der Waals surface area contributed by atoms with Gasteiger partial charge in [-0.15, -0.1) is 0 Å². The molecule has 0 radical (unpaired) electrons. The van der Waals surface area contributed by atoms with Gasteiger partial charge in [0.25, 0.3) is 5.91 Å². The molecule has 0 aliphatic rings. The summed E-state index contributed by atoms with van der Waals surface area (Å²) in [5.74, 6) is 0.236. The highest BCUT2D eigenvalue weighted by Crippen LogP contribution is 2.17. The Bertz CT molecular complexity index is 764. The molecule has 1 heterocycles. The average molecular weight is 291 g/mol.